The third-order valence-corrected chi connectivity index (χ3v) is 16.5. The number of para-hydroxylation sites is 2. The molecule has 322 valence electrons. The number of nitrogens with zero attached hydrogens (tertiary/aromatic N) is 1. The van der Waals surface area contributed by atoms with Gasteiger partial charge in [-0.25, -0.2) is 0 Å². The fourth-order valence-electron chi connectivity index (χ4n) is 12.6. The maximum atomic E-state index is 6.74. The summed E-state index contributed by atoms with van der Waals surface area (Å²) in [4.78, 5) is 5.10. The van der Waals surface area contributed by atoms with Crippen molar-refractivity contribution in [3.05, 3.63) is 293 Å². The highest BCUT2D eigenvalue weighted by molar-refractivity contribution is 7.99. The molecule has 0 aromatic heterocycles. The molecule has 4 aliphatic rings. The second-order valence-electron chi connectivity index (χ2n) is 18.7. The monoisotopic (exact) mass is 895 g/mol. The number of hydrogen-bond acceptors (Lipinski definition) is 3. The Morgan fingerprint density at radius 3 is 1.45 bits per heavy atom. The first-order chi connectivity index (χ1) is 34.2. The van der Waals surface area contributed by atoms with E-state index < -0.39 is 10.8 Å². The molecule has 0 saturated heterocycles. The van der Waals surface area contributed by atoms with E-state index in [1.807, 2.05) is 11.8 Å². The standard InChI is InChI=1S/C66H41NOS/c1-2-16-42(17-3-1)43-30-31-45-39-46(33-32-44(45)38-43)67(47-35-37-55-52(40-47)50-19-5-7-21-54(50)65(55)58-24-10-14-28-63(58)69-64-29-15-11-25-59(64)65)48-34-36-51-49-18-4-6-20-53(49)66(60(51)41-48)56-22-8-12-26-61(56)68-62-27-13-9-23-57(62)66/h1-41H. The molecule has 0 fully saturated rings. The van der Waals surface area contributed by atoms with Crippen LogP contribution in [-0.2, 0) is 10.8 Å². The molecule has 2 nitrogen and oxygen atoms in total. The Kier molecular flexibility index (Phi) is 8.17. The molecule has 0 atom stereocenters. The van der Waals surface area contributed by atoms with Crippen LogP contribution in [0.4, 0.5) is 17.1 Å². The molecule has 69 heavy (non-hydrogen) atoms. The van der Waals surface area contributed by atoms with Crippen molar-refractivity contribution in [2.45, 2.75) is 20.6 Å². The summed E-state index contributed by atoms with van der Waals surface area (Å²) in [6.07, 6.45) is 0. The molecule has 0 amide bonds. The van der Waals surface area contributed by atoms with Crippen LogP contribution in [0.25, 0.3) is 44.2 Å². The van der Waals surface area contributed by atoms with Crippen LogP contribution in [0.5, 0.6) is 11.5 Å². The van der Waals surface area contributed by atoms with Gasteiger partial charge >= 0.3 is 0 Å². The van der Waals surface area contributed by atoms with Crippen LogP contribution in [0.3, 0.4) is 0 Å². The molecule has 11 aromatic rings. The molecule has 2 spiro atoms. The molecule has 0 N–H and O–H groups in total. The van der Waals surface area contributed by atoms with Gasteiger partial charge in [-0.05, 0) is 144 Å². The van der Waals surface area contributed by atoms with Gasteiger partial charge < -0.3 is 9.64 Å². The zero-order chi connectivity index (χ0) is 45.3. The minimum Gasteiger partial charge on any atom is -0.457 e. The first kappa shape index (κ1) is 38.7. The van der Waals surface area contributed by atoms with Gasteiger partial charge in [0.25, 0.3) is 0 Å². The fraction of sp³-hybridized carbons (Fsp3) is 0.0303. The van der Waals surface area contributed by atoms with Gasteiger partial charge in [-0.3, -0.25) is 0 Å². The third-order valence-electron chi connectivity index (χ3n) is 15.4. The first-order valence-corrected chi connectivity index (χ1v) is 24.6. The second kappa shape index (κ2) is 14.6. The Labute approximate surface area is 405 Å². The number of benzene rings is 11. The number of fused-ring (bicyclic) bond motifs is 19. The lowest BCUT2D eigenvalue weighted by Gasteiger charge is -2.40. The van der Waals surface area contributed by atoms with Gasteiger partial charge in [0.2, 0.25) is 0 Å². The van der Waals surface area contributed by atoms with Crippen LogP contribution < -0.4 is 9.64 Å². The predicted octanol–water partition coefficient (Wildman–Crippen LogP) is 17.3. The number of anilines is 3. The summed E-state index contributed by atoms with van der Waals surface area (Å²) < 4.78 is 6.74. The molecule has 2 heterocycles. The molecule has 0 radical (unpaired) electrons. The largest absolute Gasteiger partial charge is 0.457 e. The Bertz CT molecular complexity index is 3850. The lowest BCUT2D eigenvalue weighted by molar-refractivity contribution is 0.436. The van der Waals surface area contributed by atoms with E-state index in [1.165, 1.54) is 87.3 Å². The van der Waals surface area contributed by atoms with E-state index in [0.717, 1.165) is 39.7 Å². The second-order valence-corrected chi connectivity index (χ2v) is 19.8. The topological polar surface area (TPSA) is 12.5 Å². The number of rotatable bonds is 4. The van der Waals surface area contributed by atoms with Crippen LogP contribution in [0.2, 0.25) is 0 Å². The van der Waals surface area contributed by atoms with Crippen LogP contribution >= 0.6 is 11.8 Å². The molecule has 15 rings (SSSR count). The summed E-state index contributed by atoms with van der Waals surface area (Å²) in [6, 6.07) is 92.4. The third kappa shape index (κ3) is 5.28. The molecule has 3 heteroatoms. The van der Waals surface area contributed by atoms with Crippen molar-refractivity contribution in [3.8, 4) is 44.9 Å². The molecular weight excluding hydrogens is 855 g/mol. The van der Waals surface area contributed by atoms with E-state index in [9.17, 15) is 0 Å². The zero-order valence-electron chi connectivity index (χ0n) is 37.4. The van der Waals surface area contributed by atoms with Gasteiger partial charge in [-0.1, -0.05) is 194 Å². The van der Waals surface area contributed by atoms with Gasteiger partial charge in [0, 0.05) is 38.0 Å². The van der Waals surface area contributed by atoms with E-state index in [1.54, 1.807) is 0 Å². The molecule has 0 bridgehead atoms. The summed E-state index contributed by atoms with van der Waals surface area (Å²) in [5.74, 6) is 1.78. The van der Waals surface area contributed by atoms with Crippen molar-refractivity contribution in [1.29, 1.82) is 0 Å². The highest BCUT2D eigenvalue weighted by atomic mass is 32.2. The van der Waals surface area contributed by atoms with E-state index in [-0.39, 0.29) is 0 Å². The quantitative estimate of drug-likeness (QED) is 0.175. The summed E-state index contributed by atoms with van der Waals surface area (Å²) in [5, 5.41) is 2.39. The highest BCUT2D eigenvalue weighted by Gasteiger charge is 2.52. The van der Waals surface area contributed by atoms with Crippen molar-refractivity contribution in [2.24, 2.45) is 0 Å². The van der Waals surface area contributed by atoms with Crippen LogP contribution in [0.1, 0.15) is 44.5 Å². The fourth-order valence-corrected chi connectivity index (χ4v) is 13.8. The Hall–Kier alpha value is -8.37. The summed E-state index contributed by atoms with van der Waals surface area (Å²) in [5.41, 5.74) is 19.9. The zero-order valence-corrected chi connectivity index (χ0v) is 38.3. The Balaban J connectivity index is 0.986. The van der Waals surface area contributed by atoms with E-state index in [4.69, 9.17) is 4.74 Å². The van der Waals surface area contributed by atoms with Crippen molar-refractivity contribution < 1.29 is 4.74 Å². The summed E-state index contributed by atoms with van der Waals surface area (Å²) >= 11 is 1.89. The molecule has 0 saturated carbocycles. The van der Waals surface area contributed by atoms with E-state index in [2.05, 4.69) is 254 Å². The SMILES string of the molecule is c1ccc(-c2ccc3cc(N(c4ccc5c(c4)-c4ccccc4C54c5ccccc5Sc5ccccc54)c4ccc5c(c4)C4(c6ccccc6Oc6ccccc64)c4ccccc4-5)ccc3c2)cc1. The summed E-state index contributed by atoms with van der Waals surface area (Å²) in [7, 11) is 0. The van der Waals surface area contributed by atoms with Crippen molar-refractivity contribution >= 4 is 39.6 Å². The smallest absolute Gasteiger partial charge is 0.132 e. The van der Waals surface area contributed by atoms with Gasteiger partial charge in [0.1, 0.15) is 11.5 Å². The highest BCUT2D eigenvalue weighted by Crippen LogP contribution is 2.65. The minimum absolute atomic E-state index is 0.456. The number of hydrogen-bond donors (Lipinski definition) is 0. The Morgan fingerprint density at radius 1 is 0.290 bits per heavy atom. The van der Waals surface area contributed by atoms with Crippen LogP contribution in [0.15, 0.2) is 259 Å². The minimum atomic E-state index is -0.598. The molecule has 0 unspecified atom stereocenters. The maximum Gasteiger partial charge on any atom is 0.132 e. The lowest BCUT2D eigenvalue weighted by atomic mass is 9.66. The molecular formula is C66H41NOS. The van der Waals surface area contributed by atoms with Crippen molar-refractivity contribution in [3.63, 3.8) is 0 Å². The lowest BCUT2D eigenvalue weighted by Crippen LogP contribution is -2.32. The van der Waals surface area contributed by atoms with E-state index in [0.29, 0.717) is 0 Å². The average molecular weight is 896 g/mol. The molecule has 2 aliphatic heterocycles. The van der Waals surface area contributed by atoms with Gasteiger partial charge in [-0.15, -0.1) is 0 Å². The Morgan fingerprint density at radius 2 is 0.754 bits per heavy atom. The first-order valence-electron chi connectivity index (χ1n) is 23.8. The van der Waals surface area contributed by atoms with Crippen LogP contribution in [-0.4, -0.2) is 0 Å². The van der Waals surface area contributed by atoms with Gasteiger partial charge in [-0.2, -0.15) is 0 Å². The van der Waals surface area contributed by atoms with Crippen molar-refractivity contribution in [1.82, 2.24) is 0 Å². The van der Waals surface area contributed by atoms with E-state index >= 15 is 0 Å². The van der Waals surface area contributed by atoms with Gasteiger partial charge in [0.05, 0.1) is 10.8 Å². The van der Waals surface area contributed by atoms with Gasteiger partial charge in [0.15, 0.2) is 0 Å². The average Bonchev–Trinajstić information content (AvgIpc) is 3.86. The molecule has 2 aliphatic carbocycles. The predicted molar refractivity (Wildman–Crippen MR) is 283 cm³/mol. The summed E-state index contributed by atoms with van der Waals surface area (Å²) in [6.45, 7) is 0. The van der Waals surface area contributed by atoms with Crippen molar-refractivity contribution in [2.75, 3.05) is 4.90 Å². The normalized spacial score (nSPS) is 14.4. The maximum absolute atomic E-state index is 6.74. The van der Waals surface area contributed by atoms with Crippen LogP contribution in [0, 0.1) is 0 Å². The molecule has 11 aromatic carbocycles. The number of ether oxygens (including phenoxy) is 1.